The van der Waals surface area contributed by atoms with Crippen molar-refractivity contribution < 1.29 is 20.1 Å². The fourth-order valence-electron chi connectivity index (χ4n) is 1.06. The minimum atomic E-state index is -0.962. The molecule has 4 atom stereocenters. The van der Waals surface area contributed by atoms with Crippen molar-refractivity contribution in [2.75, 3.05) is 5.33 Å². The first-order valence-electron chi connectivity index (χ1n) is 3.40. The fraction of sp³-hybridized carbons (Fsp3) is 1.00. The monoisotopic (exact) mass is 226 g/mol. The summed E-state index contributed by atoms with van der Waals surface area (Å²) in [4.78, 5) is 0. The van der Waals surface area contributed by atoms with Crippen LogP contribution in [-0.2, 0) is 4.74 Å². The predicted octanol–water partition coefficient (Wildman–Crippen LogP) is -0.790. The van der Waals surface area contributed by atoms with Gasteiger partial charge in [0.05, 0.1) is 12.2 Å². The van der Waals surface area contributed by atoms with Crippen LogP contribution in [0, 0.1) is 0 Å². The molecule has 11 heavy (non-hydrogen) atoms. The van der Waals surface area contributed by atoms with Gasteiger partial charge in [-0.2, -0.15) is 0 Å². The normalized spacial score (nSPS) is 45.8. The van der Waals surface area contributed by atoms with Crippen molar-refractivity contribution in [2.24, 2.45) is 0 Å². The third kappa shape index (κ3) is 2.13. The van der Waals surface area contributed by atoms with Crippen LogP contribution in [0.5, 0.6) is 0 Å². The van der Waals surface area contributed by atoms with Gasteiger partial charge in [0.15, 0.2) is 6.29 Å². The Balaban J connectivity index is 2.51. The zero-order valence-corrected chi connectivity index (χ0v) is 7.44. The summed E-state index contributed by atoms with van der Waals surface area (Å²) in [5.74, 6) is 0. The zero-order chi connectivity index (χ0) is 8.43. The standard InChI is InChI=1S/C6H11BrO4/c7-2-4-6(10)3(8)1-5(9)11-4/h3-6,8-10H,1-2H2/t3-,4-,5-,6+/m1/s1. The van der Waals surface area contributed by atoms with Crippen molar-refractivity contribution in [2.45, 2.75) is 31.0 Å². The van der Waals surface area contributed by atoms with Crippen LogP contribution in [0.25, 0.3) is 0 Å². The number of ether oxygens (including phenoxy) is 1. The smallest absolute Gasteiger partial charge is 0.157 e. The predicted molar refractivity (Wildman–Crippen MR) is 41.3 cm³/mol. The molecule has 1 saturated heterocycles. The maximum absolute atomic E-state index is 9.24. The molecule has 3 N–H and O–H groups in total. The first-order valence-corrected chi connectivity index (χ1v) is 4.53. The SMILES string of the molecule is O[C@H]1[C@H](O)C[C@H](O)O[C@@H]1CBr. The van der Waals surface area contributed by atoms with E-state index in [-0.39, 0.29) is 6.42 Å². The summed E-state index contributed by atoms with van der Waals surface area (Å²) in [7, 11) is 0. The number of rotatable bonds is 1. The number of aliphatic hydroxyl groups is 3. The van der Waals surface area contributed by atoms with Crippen molar-refractivity contribution in [3.8, 4) is 0 Å². The zero-order valence-electron chi connectivity index (χ0n) is 5.85. The third-order valence-corrected chi connectivity index (χ3v) is 2.34. The van der Waals surface area contributed by atoms with E-state index in [4.69, 9.17) is 14.9 Å². The summed E-state index contributed by atoms with van der Waals surface area (Å²) in [5, 5.41) is 27.8. The molecule has 0 saturated carbocycles. The van der Waals surface area contributed by atoms with Gasteiger partial charge in [0.1, 0.15) is 6.10 Å². The molecule has 0 aromatic heterocycles. The topological polar surface area (TPSA) is 69.9 Å². The van der Waals surface area contributed by atoms with Gasteiger partial charge in [0.2, 0.25) is 0 Å². The van der Waals surface area contributed by atoms with Crippen molar-refractivity contribution >= 4 is 15.9 Å². The number of halogens is 1. The Bertz CT molecular complexity index is 132. The molecular formula is C6H11BrO4. The lowest BCUT2D eigenvalue weighted by atomic mass is 10.0. The van der Waals surface area contributed by atoms with E-state index < -0.39 is 24.6 Å². The average molecular weight is 227 g/mol. The summed E-state index contributed by atoms with van der Waals surface area (Å²) in [6, 6.07) is 0. The van der Waals surface area contributed by atoms with E-state index in [9.17, 15) is 5.11 Å². The van der Waals surface area contributed by atoms with Crippen LogP contribution in [0.1, 0.15) is 6.42 Å². The second-order valence-electron chi connectivity index (χ2n) is 2.58. The molecule has 4 nitrogen and oxygen atoms in total. The van der Waals surface area contributed by atoms with E-state index in [1.807, 2.05) is 0 Å². The Morgan fingerprint density at radius 1 is 1.36 bits per heavy atom. The van der Waals surface area contributed by atoms with Gasteiger partial charge >= 0.3 is 0 Å². The molecule has 0 unspecified atom stereocenters. The van der Waals surface area contributed by atoms with Gasteiger partial charge in [-0.3, -0.25) is 0 Å². The fourth-order valence-corrected chi connectivity index (χ4v) is 1.59. The average Bonchev–Trinajstić information content (AvgIpc) is 1.96. The Kier molecular flexibility index (Phi) is 3.27. The van der Waals surface area contributed by atoms with Gasteiger partial charge in [0.25, 0.3) is 0 Å². The lowest BCUT2D eigenvalue weighted by Gasteiger charge is -2.33. The third-order valence-electron chi connectivity index (χ3n) is 1.70. The van der Waals surface area contributed by atoms with Crippen molar-refractivity contribution in [3.05, 3.63) is 0 Å². The highest BCUT2D eigenvalue weighted by atomic mass is 79.9. The van der Waals surface area contributed by atoms with Gasteiger partial charge in [-0.15, -0.1) is 0 Å². The highest BCUT2D eigenvalue weighted by molar-refractivity contribution is 9.09. The van der Waals surface area contributed by atoms with E-state index in [1.165, 1.54) is 0 Å². The molecule has 1 rings (SSSR count). The molecule has 1 aliphatic heterocycles. The van der Waals surface area contributed by atoms with Crippen LogP contribution in [0.4, 0.5) is 0 Å². The van der Waals surface area contributed by atoms with Gasteiger partial charge in [-0.1, -0.05) is 15.9 Å². The minimum Gasteiger partial charge on any atom is -0.390 e. The summed E-state index contributed by atoms with van der Waals surface area (Å²) in [6.45, 7) is 0. The molecule has 0 aromatic carbocycles. The van der Waals surface area contributed by atoms with Crippen LogP contribution in [0.3, 0.4) is 0 Å². The number of hydrogen-bond acceptors (Lipinski definition) is 4. The molecule has 0 aromatic rings. The molecular weight excluding hydrogens is 216 g/mol. The minimum absolute atomic E-state index is 0.0741. The number of aliphatic hydroxyl groups excluding tert-OH is 3. The van der Waals surface area contributed by atoms with Crippen LogP contribution < -0.4 is 0 Å². The van der Waals surface area contributed by atoms with Crippen LogP contribution >= 0.6 is 15.9 Å². The Morgan fingerprint density at radius 3 is 2.55 bits per heavy atom. The second kappa shape index (κ2) is 3.82. The highest BCUT2D eigenvalue weighted by Crippen LogP contribution is 2.19. The molecule has 1 aliphatic rings. The van der Waals surface area contributed by atoms with Crippen LogP contribution in [0.15, 0.2) is 0 Å². The first-order chi connectivity index (χ1) is 5.15. The number of hydrogen-bond donors (Lipinski definition) is 3. The molecule has 1 heterocycles. The van der Waals surface area contributed by atoms with Crippen molar-refractivity contribution in [1.82, 2.24) is 0 Å². The largest absolute Gasteiger partial charge is 0.390 e. The Hall–Kier alpha value is 0.320. The molecule has 0 radical (unpaired) electrons. The Morgan fingerprint density at radius 2 is 2.00 bits per heavy atom. The van der Waals surface area contributed by atoms with E-state index in [2.05, 4.69) is 15.9 Å². The van der Waals surface area contributed by atoms with Gasteiger partial charge < -0.3 is 20.1 Å². The summed E-state index contributed by atoms with van der Waals surface area (Å²) in [5.41, 5.74) is 0. The second-order valence-corrected chi connectivity index (χ2v) is 3.22. The maximum Gasteiger partial charge on any atom is 0.157 e. The van der Waals surface area contributed by atoms with E-state index in [0.717, 1.165) is 0 Å². The molecule has 0 bridgehead atoms. The van der Waals surface area contributed by atoms with E-state index in [0.29, 0.717) is 5.33 Å². The quantitative estimate of drug-likeness (QED) is 0.513. The maximum atomic E-state index is 9.24. The molecule has 1 fully saturated rings. The summed E-state index contributed by atoms with van der Waals surface area (Å²) in [6.07, 6.45) is -3.20. The first kappa shape index (κ1) is 9.41. The summed E-state index contributed by atoms with van der Waals surface area (Å²) >= 11 is 3.10. The molecule has 66 valence electrons. The van der Waals surface area contributed by atoms with Crippen molar-refractivity contribution in [3.63, 3.8) is 0 Å². The van der Waals surface area contributed by atoms with Crippen LogP contribution in [-0.4, -0.2) is 45.3 Å². The highest BCUT2D eigenvalue weighted by Gasteiger charge is 2.34. The van der Waals surface area contributed by atoms with Crippen molar-refractivity contribution in [1.29, 1.82) is 0 Å². The van der Waals surface area contributed by atoms with E-state index in [1.54, 1.807) is 0 Å². The van der Waals surface area contributed by atoms with Gasteiger partial charge in [-0.25, -0.2) is 0 Å². The molecule has 0 aliphatic carbocycles. The van der Waals surface area contributed by atoms with Crippen LogP contribution in [0.2, 0.25) is 0 Å². The Labute approximate surface area is 72.9 Å². The lowest BCUT2D eigenvalue weighted by Crippen LogP contribution is -2.48. The van der Waals surface area contributed by atoms with Gasteiger partial charge in [0, 0.05) is 11.8 Å². The number of alkyl halides is 1. The molecule has 0 spiro atoms. The molecule has 0 amide bonds. The summed E-state index contributed by atoms with van der Waals surface area (Å²) < 4.78 is 4.92. The lowest BCUT2D eigenvalue weighted by molar-refractivity contribution is -0.224. The molecule has 5 heteroatoms. The van der Waals surface area contributed by atoms with Gasteiger partial charge in [-0.05, 0) is 0 Å². The van der Waals surface area contributed by atoms with E-state index >= 15 is 0 Å².